The van der Waals surface area contributed by atoms with Gasteiger partial charge in [-0.15, -0.1) is 0 Å². The van der Waals surface area contributed by atoms with Crippen LogP contribution in [0, 0.1) is 5.92 Å². The molecule has 0 unspecified atom stereocenters. The van der Waals surface area contributed by atoms with Crippen molar-refractivity contribution >= 4 is 0 Å². The molecule has 0 N–H and O–H groups in total. The minimum atomic E-state index is 0.410. The van der Waals surface area contributed by atoms with Gasteiger partial charge in [-0.05, 0) is 63.6 Å². The molecule has 0 bridgehead atoms. The van der Waals surface area contributed by atoms with Crippen LogP contribution < -0.4 is 0 Å². The topological polar surface area (TPSA) is 37.2 Å². The van der Waals surface area contributed by atoms with E-state index in [4.69, 9.17) is 0 Å². The van der Waals surface area contributed by atoms with Gasteiger partial charge in [0.05, 0.1) is 6.20 Å². The largest absolute Gasteiger partial charge is 0.300 e. The Kier molecular flexibility index (Phi) is 7.56. The second-order valence-electron chi connectivity index (χ2n) is 9.75. The van der Waals surface area contributed by atoms with Crippen LogP contribution in [-0.4, -0.2) is 50.2 Å². The fourth-order valence-electron chi connectivity index (χ4n) is 5.32. The zero-order valence-electron chi connectivity index (χ0n) is 18.9. The van der Waals surface area contributed by atoms with E-state index in [0.717, 1.165) is 31.6 Å². The highest BCUT2D eigenvalue weighted by Crippen LogP contribution is 2.28. The maximum Gasteiger partial charge on any atom is 0.0534 e. The van der Waals surface area contributed by atoms with Gasteiger partial charge in [0.1, 0.15) is 0 Å². The van der Waals surface area contributed by atoms with E-state index in [-0.39, 0.29) is 0 Å². The minimum Gasteiger partial charge on any atom is -0.300 e. The molecule has 0 spiro atoms. The Balaban J connectivity index is 1.41. The van der Waals surface area contributed by atoms with Gasteiger partial charge < -0.3 is 4.90 Å². The summed E-state index contributed by atoms with van der Waals surface area (Å²) in [5, 5.41) is 4.57. The molecule has 2 aromatic rings. The molecule has 5 nitrogen and oxygen atoms in total. The molecule has 1 aliphatic carbocycles. The van der Waals surface area contributed by atoms with E-state index in [1.54, 1.807) is 0 Å². The van der Waals surface area contributed by atoms with Crippen LogP contribution in [0.3, 0.4) is 0 Å². The second kappa shape index (κ2) is 10.5. The Bertz CT molecular complexity index is 750. The summed E-state index contributed by atoms with van der Waals surface area (Å²) in [4.78, 5) is 9.79. The number of hydrogen-bond donors (Lipinski definition) is 0. The molecule has 1 saturated heterocycles. The van der Waals surface area contributed by atoms with Gasteiger partial charge in [-0.2, -0.15) is 5.10 Å². The predicted octanol–water partition coefficient (Wildman–Crippen LogP) is 4.91. The lowest BCUT2D eigenvalue weighted by molar-refractivity contribution is 0.0771. The summed E-state index contributed by atoms with van der Waals surface area (Å²) in [6.45, 7) is 10.0. The number of hydrogen-bond acceptors (Lipinski definition) is 4. The van der Waals surface area contributed by atoms with Crippen LogP contribution in [0.15, 0.2) is 36.9 Å². The van der Waals surface area contributed by atoms with Crippen LogP contribution in [-0.2, 0) is 13.1 Å². The Morgan fingerprint density at radius 3 is 2.60 bits per heavy atom. The van der Waals surface area contributed by atoms with Gasteiger partial charge in [0, 0.05) is 62.4 Å². The third kappa shape index (κ3) is 5.92. The van der Waals surface area contributed by atoms with E-state index in [1.165, 1.54) is 69.2 Å². The van der Waals surface area contributed by atoms with Gasteiger partial charge in [0.15, 0.2) is 0 Å². The van der Waals surface area contributed by atoms with Crippen molar-refractivity contribution in [3.05, 3.63) is 48.0 Å². The first-order chi connectivity index (χ1) is 14.7. The molecule has 3 heterocycles. The number of piperidine rings is 1. The van der Waals surface area contributed by atoms with Crippen molar-refractivity contribution in [2.24, 2.45) is 5.92 Å². The molecule has 2 aliphatic rings. The summed E-state index contributed by atoms with van der Waals surface area (Å²) in [6, 6.07) is 5.51. The molecule has 0 amide bonds. The van der Waals surface area contributed by atoms with Gasteiger partial charge in [0.2, 0.25) is 0 Å². The number of pyridine rings is 1. The monoisotopic (exact) mass is 409 g/mol. The molecule has 1 aliphatic heterocycles. The first kappa shape index (κ1) is 21.5. The van der Waals surface area contributed by atoms with Crippen molar-refractivity contribution in [1.82, 2.24) is 24.6 Å². The van der Waals surface area contributed by atoms with E-state index in [0.29, 0.717) is 6.04 Å². The normalized spacial score (nSPS) is 21.5. The molecule has 164 valence electrons. The SMILES string of the molecule is CC(C)n1cc(CN(Cc2cccnc2)C[C@H]2CCCN(C3CCCCC3)C2)cn1. The van der Waals surface area contributed by atoms with Crippen LogP contribution in [0.1, 0.15) is 76.0 Å². The highest BCUT2D eigenvalue weighted by Gasteiger charge is 2.28. The summed E-state index contributed by atoms with van der Waals surface area (Å²) in [5.74, 6) is 0.762. The molecule has 4 rings (SSSR count). The lowest BCUT2D eigenvalue weighted by atomic mass is 9.90. The highest BCUT2D eigenvalue weighted by molar-refractivity contribution is 5.10. The predicted molar refractivity (Wildman–Crippen MR) is 122 cm³/mol. The summed E-state index contributed by atoms with van der Waals surface area (Å²) < 4.78 is 2.07. The van der Waals surface area contributed by atoms with Crippen LogP contribution in [0.4, 0.5) is 0 Å². The van der Waals surface area contributed by atoms with Crippen molar-refractivity contribution in [2.75, 3.05) is 19.6 Å². The van der Waals surface area contributed by atoms with E-state index >= 15 is 0 Å². The van der Waals surface area contributed by atoms with Gasteiger partial charge >= 0.3 is 0 Å². The smallest absolute Gasteiger partial charge is 0.0534 e. The molecule has 2 aromatic heterocycles. The zero-order chi connectivity index (χ0) is 20.8. The third-order valence-electron chi connectivity index (χ3n) is 6.88. The van der Waals surface area contributed by atoms with Crippen molar-refractivity contribution in [3.63, 3.8) is 0 Å². The van der Waals surface area contributed by atoms with Crippen molar-refractivity contribution < 1.29 is 0 Å². The standard InChI is InChI=1S/C25H39N5/c1-21(2)30-20-24(15-27-30)18-28(16-22-8-6-12-26-14-22)17-23-9-7-13-29(19-23)25-10-4-3-5-11-25/h6,8,12,14-15,20-21,23,25H,3-5,7,9-11,13,16-19H2,1-2H3/t23-/m1/s1. The number of rotatable bonds is 8. The average molecular weight is 410 g/mol. The quantitative estimate of drug-likeness (QED) is 0.621. The van der Waals surface area contributed by atoms with Gasteiger partial charge in [-0.25, -0.2) is 0 Å². The van der Waals surface area contributed by atoms with E-state index in [2.05, 4.69) is 56.7 Å². The Labute approximate surface area is 182 Å². The van der Waals surface area contributed by atoms with E-state index in [1.807, 2.05) is 18.6 Å². The van der Waals surface area contributed by atoms with Gasteiger partial charge in [-0.3, -0.25) is 14.6 Å². The molecular formula is C25H39N5. The second-order valence-corrected chi connectivity index (χ2v) is 9.75. The maximum atomic E-state index is 4.57. The van der Waals surface area contributed by atoms with Crippen molar-refractivity contribution in [2.45, 2.75) is 84.0 Å². The molecule has 0 radical (unpaired) electrons. The minimum absolute atomic E-state index is 0.410. The third-order valence-corrected chi connectivity index (χ3v) is 6.88. The first-order valence-electron chi connectivity index (χ1n) is 12.1. The Morgan fingerprint density at radius 2 is 1.87 bits per heavy atom. The Hall–Kier alpha value is -1.72. The average Bonchev–Trinajstić information content (AvgIpc) is 3.24. The summed E-state index contributed by atoms with van der Waals surface area (Å²) in [7, 11) is 0. The van der Waals surface area contributed by atoms with E-state index < -0.39 is 0 Å². The number of nitrogens with zero attached hydrogens (tertiary/aromatic N) is 5. The molecule has 5 heteroatoms. The highest BCUT2D eigenvalue weighted by atomic mass is 15.3. The molecule has 2 fully saturated rings. The zero-order valence-corrected chi connectivity index (χ0v) is 18.9. The summed E-state index contributed by atoms with van der Waals surface area (Å²) >= 11 is 0. The number of likely N-dealkylation sites (tertiary alicyclic amines) is 1. The summed E-state index contributed by atoms with van der Waals surface area (Å²) in [5.41, 5.74) is 2.61. The van der Waals surface area contributed by atoms with Crippen LogP contribution in [0.5, 0.6) is 0 Å². The lowest BCUT2D eigenvalue weighted by Gasteiger charge is -2.41. The van der Waals surface area contributed by atoms with Crippen LogP contribution in [0.2, 0.25) is 0 Å². The first-order valence-corrected chi connectivity index (χ1v) is 12.1. The van der Waals surface area contributed by atoms with Crippen molar-refractivity contribution in [1.29, 1.82) is 0 Å². The van der Waals surface area contributed by atoms with Crippen LogP contribution >= 0.6 is 0 Å². The maximum absolute atomic E-state index is 4.57. The molecular weight excluding hydrogens is 370 g/mol. The van der Waals surface area contributed by atoms with Crippen LogP contribution in [0.25, 0.3) is 0 Å². The van der Waals surface area contributed by atoms with Gasteiger partial charge in [-0.1, -0.05) is 25.3 Å². The number of aromatic nitrogens is 3. The molecule has 30 heavy (non-hydrogen) atoms. The van der Waals surface area contributed by atoms with E-state index in [9.17, 15) is 0 Å². The summed E-state index contributed by atoms with van der Waals surface area (Å²) in [6.07, 6.45) is 18.0. The lowest BCUT2D eigenvalue weighted by Crippen LogP contribution is -2.46. The molecule has 0 aromatic carbocycles. The van der Waals surface area contributed by atoms with Gasteiger partial charge in [0.25, 0.3) is 0 Å². The fourth-order valence-corrected chi connectivity index (χ4v) is 5.32. The molecule has 1 atom stereocenters. The Morgan fingerprint density at radius 1 is 1.03 bits per heavy atom. The fraction of sp³-hybridized carbons (Fsp3) is 0.680. The van der Waals surface area contributed by atoms with Crippen molar-refractivity contribution in [3.8, 4) is 0 Å². The molecule has 1 saturated carbocycles.